The molecule has 8 nitrogen and oxygen atoms in total. The molecule has 0 heterocycles. The Bertz CT molecular complexity index is 749. The fraction of sp³-hybridized carbons (Fsp3) is 0.200. The van der Waals surface area contributed by atoms with E-state index in [2.05, 4.69) is 10.2 Å². The number of benzene rings is 2. The summed E-state index contributed by atoms with van der Waals surface area (Å²) >= 11 is 0. The summed E-state index contributed by atoms with van der Waals surface area (Å²) in [6, 6.07) is 7.71. The van der Waals surface area contributed by atoms with Gasteiger partial charge in [-0.1, -0.05) is 0 Å². The number of rotatable bonds is 5. The van der Waals surface area contributed by atoms with Crippen LogP contribution in [0.25, 0.3) is 0 Å². The van der Waals surface area contributed by atoms with E-state index < -0.39 is 4.92 Å². The van der Waals surface area contributed by atoms with Crippen LogP contribution < -0.4 is 15.2 Å². The number of hydrogen-bond acceptors (Lipinski definition) is 7. The Morgan fingerprint density at radius 2 is 1.70 bits per heavy atom. The number of azo groups is 1. The number of hydrogen-bond donors (Lipinski definition) is 1. The van der Waals surface area contributed by atoms with Crippen molar-refractivity contribution in [1.29, 1.82) is 0 Å². The topological polar surface area (TPSA) is 112 Å². The predicted molar refractivity (Wildman–Crippen MR) is 86.0 cm³/mol. The molecule has 2 rings (SSSR count). The second kappa shape index (κ2) is 6.73. The summed E-state index contributed by atoms with van der Waals surface area (Å²) in [7, 11) is 2.98. The fourth-order valence-electron chi connectivity index (χ4n) is 2.03. The van der Waals surface area contributed by atoms with Gasteiger partial charge in [0.1, 0.15) is 0 Å². The smallest absolute Gasteiger partial charge is 0.272 e. The summed E-state index contributed by atoms with van der Waals surface area (Å²) < 4.78 is 10.5. The van der Waals surface area contributed by atoms with E-state index in [1.807, 2.05) is 0 Å². The van der Waals surface area contributed by atoms with Crippen molar-refractivity contribution in [1.82, 2.24) is 0 Å². The van der Waals surface area contributed by atoms with Crippen LogP contribution in [-0.4, -0.2) is 19.1 Å². The molecule has 8 heteroatoms. The number of nitrogen functional groups attached to an aromatic ring is 1. The van der Waals surface area contributed by atoms with Gasteiger partial charge >= 0.3 is 0 Å². The number of aryl methyl sites for hydroxylation is 1. The van der Waals surface area contributed by atoms with Crippen molar-refractivity contribution in [3.63, 3.8) is 0 Å². The first-order valence-electron chi connectivity index (χ1n) is 6.64. The molecule has 0 bridgehead atoms. The Hall–Kier alpha value is -3.16. The van der Waals surface area contributed by atoms with Gasteiger partial charge in [0.2, 0.25) is 0 Å². The molecule has 2 N–H and O–H groups in total. The maximum absolute atomic E-state index is 10.8. The van der Waals surface area contributed by atoms with Crippen LogP contribution in [0, 0.1) is 17.0 Å². The first-order chi connectivity index (χ1) is 11.0. The highest BCUT2D eigenvalue weighted by Crippen LogP contribution is 2.40. The number of nitro benzene ring substituents is 1. The van der Waals surface area contributed by atoms with E-state index in [1.54, 1.807) is 25.1 Å². The molecule has 23 heavy (non-hydrogen) atoms. The van der Waals surface area contributed by atoms with Gasteiger partial charge in [-0.05, 0) is 19.1 Å². The Morgan fingerprint density at radius 1 is 1.09 bits per heavy atom. The molecule has 0 aliphatic heterocycles. The first-order valence-corrected chi connectivity index (χ1v) is 6.64. The van der Waals surface area contributed by atoms with Crippen LogP contribution in [-0.2, 0) is 0 Å². The van der Waals surface area contributed by atoms with E-state index in [-0.39, 0.29) is 5.69 Å². The molecule has 0 saturated heterocycles. The Morgan fingerprint density at radius 3 is 2.17 bits per heavy atom. The monoisotopic (exact) mass is 316 g/mol. The molecular formula is C15H16N4O4. The van der Waals surface area contributed by atoms with Crippen molar-refractivity contribution >= 4 is 22.7 Å². The molecule has 0 radical (unpaired) electrons. The van der Waals surface area contributed by atoms with Gasteiger partial charge in [-0.25, -0.2) is 0 Å². The van der Waals surface area contributed by atoms with Crippen LogP contribution >= 0.6 is 0 Å². The third-order valence-corrected chi connectivity index (χ3v) is 3.14. The SMILES string of the molecule is COc1cc(N)cc(OC)c1N=Nc1ccc([N+](=O)[O-])c(C)c1. The molecule has 2 aromatic rings. The lowest BCUT2D eigenvalue weighted by atomic mass is 10.2. The number of anilines is 1. The highest BCUT2D eigenvalue weighted by Gasteiger charge is 2.12. The van der Waals surface area contributed by atoms with Crippen LogP contribution in [0.15, 0.2) is 40.6 Å². The predicted octanol–water partition coefficient (Wildman–Crippen LogP) is 3.92. The minimum Gasteiger partial charge on any atom is -0.494 e. The number of methoxy groups -OCH3 is 2. The van der Waals surface area contributed by atoms with Gasteiger partial charge in [-0.3, -0.25) is 10.1 Å². The molecule has 0 atom stereocenters. The Balaban J connectivity index is 2.41. The first kappa shape index (κ1) is 16.2. The van der Waals surface area contributed by atoms with Crippen LogP contribution in [0.4, 0.5) is 22.7 Å². The van der Waals surface area contributed by atoms with E-state index in [0.29, 0.717) is 34.1 Å². The third kappa shape index (κ3) is 3.54. The van der Waals surface area contributed by atoms with Gasteiger partial charge in [-0.15, -0.1) is 5.11 Å². The standard InChI is InChI=1S/C15H16N4O4/c1-9-6-11(4-5-12(9)19(20)21)17-18-15-13(22-2)7-10(16)8-14(15)23-3/h4-8H,16H2,1-3H3. The van der Waals surface area contributed by atoms with Crippen LogP contribution in [0.1, 0.15) is 5.56 Å². The van der Waals surface area contributed by atoms with Gasteiger partial charge in [-0.2, -0.15) is 5.11 Å². The number of nitrogens with two attached hydrogens (primary N) is 1. The summed E-state index contributed by atoms with van der Waals surface area (Å²) in [6.07, 6.45) is 0. The molecule has 120 valence electrons. The quantitative estimate of drug-likeness (QED) is 0.389. The van der Waals surface area contributed by atoms with Gasteiger partial charge in [0.15, 0.2) is 17.2 Å². The molecule has 0 saturated carbocycles. The fourth-order valence-corrected chi connectivity index (χ4v) is 2.03. The van der Waals surface area contributed by atoms with E-state index in [4.69, 9.17) is 15.2 Å². The number of ether oxygens (including phenoxy) is 2. The number of nitro groups is 1. The molecule has 2 aromatic carbocycles. The maximum Gasteiger partial charge on any atom is 0.272 e. The largest absolute Gasteiger partial charge is 0.494 e. The van der Waals surface area contributed by atoms with Gasteiger partial charge in [0.05, 0.1) is 24.8 Å². The van der Waals surface area contributed by atoms with Crippen LogP contribution in [0.3, 0.4) is 0 Å². The van der Waals surface area contributed by atoms with Crippen molar-refractivity contribution in [3.8, 4) is 11.5 Å². The molecule has 0 spiro atoms. The molecule has 0 aromatic heterocycles. The summed E-state index contributed by atoms with van der Waals surface area (Å²) in [4.78, 5) is 10.4. The molecule has 0 aliphatic rings. The summed E-state index contributed by atoms with van der Waals surface area (Å²) in [5, 5.41) is 19.0. The van der Waals surface area contributed by atoms with E-state index in [1.165, 1.54) is 26.4 Å². The zero-order valence-corrected chi connectivity index (χ0v) is 12.9. The number of nitrogens with zero attached hydrogens (tertiary/aromatic N) is 3. The highest BCUT2D eigenvalue weighted by atomic mass is 16.6. The summed E-state index contributed by atoms with van der Waals surface area (Å²) in [6.45, 7) is 1.64. The van der Waals surface area contributed by atoms with Crippen molar-refractivity contribution in [2.24, 2.45) is 10.2 Å². The zero-order chi connectivity index (χ0) is 17.0. The Kier molecular flexibility index (Phi) is 4.75. The normalized spacial score (nSPS) is 10.7. The minimum atomic E-state index is -0.442. The Labute approximate surface area is 132 Å². The molecule has 0 fully saturated rings. The maximum atomic E-state index is 10.8. The van der Waals surface area contributed by atoms with E-state index in [0.717, 1.165) is 0 Å². The highest BCUT2D eigenvalue weighted by molar-refractivity contribution is 5.68. The van der Waals surface area contributed by atoms with Crippen LogP contribution in [0.2, 0.25) is 0 Å². The minimum absolute atomic E-state index is 0.0339. The van der Waals surface area contributed by atoms with Crippen molar-refractivity contribution < 1.29 is 14.4 Å². The van der Waals surface area contributed by atoms with E-state index >= 15 is 0 Å². The summed E-state index contributed by atoms with van der Waals surface area (Å²) in [5.41, 5.74) is 7.64. The average Bonchev–Trinajstić information content (AvgIpc) is 2.52. The van der Waals surface area contributed by atoms with Gasteiger partial charge in [0.25, 0.3) is 5.69 Å². The molecule has 0 aliphatic carbocycles. The average molecular weight is 316 g/mol. The molecule has 0 unspecified atom stereocenters. The van der Waals surface area contributed by atoms with Gasteiger partial charge in [0, 0.05) is 29.4 Å². The van der Waals surface area contributed by atoms with Crippen molar-refractivity contribution in [2.75, 3.05) is 20.0 Å². The lowest BCUT2D eigenvalue weighted by Gasteiger charge is -2.09. The molecular weight excluding hydrogens is 300 g/mol. The van der Waals surface area contributed by atoms with Crippen molar-refractivity contribution in [3.05, 3.63) is 46.0 Å². The van der Waals surface area contributed by atoms with E-state index in [9.17, 15) is 10.1 Å². The zero-order valence-electron chi connectivity index (χ0n) is 12.9. The second-order valence-corrected chi connectivity index (χ2v) is 4.70. The van der Waals surface area contributed by atoms with Gasteiger partial charge < -0.3 is 15.2 Å². The lowest BCUT2D eigenvalue weighted by Crippen LogP contribution is -1.92. The lowest BCUT2D eigenvalue weighted by molar-refractivity contribution is -0.385. The molecule has 0 amide bonds. The van der Waals surface area contributed by atoms with Crippen LogP contribution in [0.5, 0.6) is 11.5 Å². The second-order valence-electron chi connectivity index (χ2n) is 4.70. The summed E-state index contributed by atoms with van der Waals surface area (Å²) in [5.74, 6) is 0.841. The third-order valence-electron chi connectivity index (χ3n) is 3.14. The van der Waals surface area contributed by atoms with Crippen molar-refractivity contribution in [2.45, 2.75) is 6.92 Å².